The first-order valence-electron chi connectivity index (χ1n) is 5.11. The molecule has 0 aromatic carbocycles. The Labute approximate surface area is 89.5 Å². The Balaban J connectivity index is 0.000000461. The molecule has 1 unspecified atom stereocenters. The minimum atomic E-state index is 0.468. The molecule has 0 saturated carbocycles. The van der Waals surface area contributed by atoms with Gasteiger partial charge in [-0.25, -0.2) is 4.98 Å². The molecule has 1 aromatic rings. The maximum atomic E-state index is 5.25. The number of ether oxygens (including phenoxy) is 1. The number of thiazole rings is 1. The topological polar surface area (TPSA) is 34.2 Å². The van der Waals surface area contributed by atoms with E-state index in [4.69, 9.17) is 4.74 Å². The van der Waals surface area contributed by atoms with E-state index in [0.29, 0.717) is 6.04 Å². The molecule has 0 aliphatic carbocycles. The normalized spacial score (nSPS) is 20.1. The van der Waals surface area contributed by atoms with Crippen molar-refractivity contribution in [2.45, 2.75) is 33.2 Å². The summed E-state index contributed by atoms with van der Waals surface area (Å²) in [5.41, 5.74) is 0. The summed E-state index contributed by atoms with van der Waals surface area (Å²) in [4.78, 5) is 5.48. The zero-order chi connectivity index (χ0) is 10.4. The van der Waals surface area contributed by atoms with Crippen LogP contribution in [0.1, 0.15) is 25.1 Å². The molecule has 0 radical (unpaired) electrons. The van der Waals surface area contributed by atoms with Crippen LogP contribution in [0.4, 0.5) is 5.13 Å². The van der Waals surface area contributed by atoms with E-state index in [1.807, 2.05) is 20.0 Å². The highest BCUT2D eigenvalue weighted by molar-refractivity contribution is 7.15. The zero-order valence-corrected chi connectivity index (χ0v) is 9.86. The minimum absolute atomic E-state index is 0.468. The van der Waals surface area contributed by atoms with Gasteiger partial charge in [0, 0.05) is 17.7 Å². The van der Waals surface area contributed by atoms with E-state index in [2.05, 4.69) is 17.2 Å². The van der Waals surface area contributed by atoms with Crippen molar-refractivity contribution in [1.82, 2.24) is 4.98 Å². The number of rotatable bonds is 2. The van der Waals surface area contributed by atoms with Gasteiger partial charge in [-0.2, -0.15) is 0 Å². The van der Waals surface area contributed by atoms with E-state index in [1.54, 1.807) is 11.3 Å². The Morgan fingerprint density at radius 1 is 1.57 bits per heavy atom. The first-order valence-corrected chi connectivity index (χ1v) is 5.93. The van der Waals surface area contributed by atoms with E-state index in [9.17, 15) is 0 Å². The van der Waals surface area contributed by atoms with Crippen LogP contribution < -0.4 is 5.32 Å². The number of hydrogen-bond acceptors (Lipinski definition) is 4. The van der Waals surface area contributed by atoms with E-state index in [1.165, 1.54) is 4.88 Å². The largest absolute Gasteiger partial charge is 0.379 e. The summed E-state index contributed by atoms with van der Waals surface area (Å²) in [7, 11) is 0. The quantitative estimate of drug-likeness (QED) is 0.822. The van der Waals surface area contributed by atoms with Crippen LogP contribution in [0.2, 0.25) is 0 Å². The van der Waals surface area contributed by atoms with Crippen molar-refractivity contribution in [3.63, 3.8) is 0 Å². The Morgan fingerprint density at radius 3 is 2.86 bits per heavy atom. The van der Waals surface area contributed by atoms with Crippen molar-refractivity contribution < 1.29 is 4.74 Å². The lowest BCUT2D eigenvalue weighted by atomic mass is 10.3. The second kappa shape index (κ2) is 5.98. The van der Waals surface area contributed by atoms with Gasteiger partial charge in [-0.3, -0.25) is 0 Å². The molecule has 2 rings (SSSR count). The Morgan fingerprint density at radius 2 is 2.36 bits per heavy atom. The van der Waals surface area contributed by atoms with Crippen molar-refractivity contribution in [2.24, 2.45) is 0 Å². The molecule has 4 heteroatoms. The van der Waals surface area contributed by atoms with Gasteiger partial charge in [0.15, 0.2) is 5.13 Å². The molecule has 1 saturated heterocycles. The van der Waals surface area contributed by atoms with Gasteiger partial charge in [0.2, 0.25) is 0 Å². The highest BCUT2D eigenvalue weighted by Crippen LogP contribution is 2.19. The van der Waals surface area contributed by atoms with Gasteiger partial charge in [-0.05, 0) is 13.3 Å². The fourth-order valence-corrected chi connectivity index (χ4v) is 1.99. The van der Waals surface area contributed by atoms with Gasteiger partial charge in [-0.15, -0.1) is 11.3 Å². The van der Waals surface area contributed by atoms with Crippen molar-refractivity contribution in [3.05, 3.63) is 11.1 Å². The molecule has 1 fully saturated rings. The fraction of sp³-hybridized carbons (Fsp3) is 0.700. The van der Waals surface area contributed by atoms with Crippen molar-refractivity contribution in [2.75, 3.05) is 18.5 Å². The molecule has 1 aromatic heterocycles. The predicted octanol–water partition coefficient (Wildman–Crippen LogP) is 2.68. The molecule has 2 heterocycles. The lowest BCUT2D eigenvalue weighted by molar-refractivity contribution is 0.195. The van der Waals surface area contributed by atoms with E-state index in [-0.39, 0.29) is 0 Å². The summed E-state index contributed by atoms with van der Waals surface area (Å²) in [6.45, 7) is 7.76. The van der Waals surface area contributed by atoms with Crippen LogP contribution in [0, 0.1) is 6.92 Å². The Bertz CT molecular complexity index is 256. The summed E-state index contributed by atoms with van der Waals surface area (Å²) in [6.07, 6.45) is 2.99. The third kappa shape index (κ3) is 3.27. The molecule has 0 amide bonds. The molecule has 0 spiro atoms. The second-order valence-electron chi connectivity index (χ2n) is 2.98. The molecule has 1 aliphatic heterocycles. The number of nitrogens with zero attached hydrogens (tertiary/aromatic N) is 1. The van der Waals surface area contributed by atoms with Crippen LogP contribution >= 0.6 is 11.3 Å². The molecule has 1 atom stereocenters. The average Bonchev–Trinajstić information content (AvgIpc) is 2.82. The Hall–Kier alpha value is -0.610. The average molecular weight is 214 g/mol. The predicted molar refractivity (Wildman–Crippen MR) is 61.0 cm³/mol. The van der Waals surface area contributed by atoms with Gasteiger partial charge in [-0.1, -0.05) is 13.8 Å². The number of aryl methyl sites for hydroxylation is 1. The van der Waals surface area contributed by atoms with Gasteiger partial charge in [0.25, 0.3) is 0 Å². The molecule has 14 heavy (non-hydrogen) atoms. The van der Waals surface area contributed by atoms with E-state index < -0.39 is 0 Å². The van der Waals surface area contributed by atoms with E-state index in [0.717, 1.165) is 24.8 Å². The van der Waals surface area contributed by atoms with Crippen molar-refractivity contribution in [1.29, 1.82) is 0 Å². The first kappa shape index (κ1) is 11.5. The lowest BCUT2D eigenvalue weighted by Crippen LogP contribution is -2.18. The third-order valence-corrected chi connectivity index (χ3v) is 2.72. The SMILES string of the molecule is CC.Cc1cnc(NC2CCOC2)s1. The third-order valence-electron chi connectivity index (χ3n) is 1.88. The molecule has 3 nitrogen and oxygen atoms in total. The van der Waals surface area contributed by atoms with Gasteiger partial charge >= 0.3 is 0 Å². The molecule has 1 aliphatic rings. The Kier molecular flexibility index (Phi) is 4.90. The lowest BCUT2D eigenvalue weighted by Gasteiger charge is -2.07. The monoisotopic (exact) mass is 214 g/mol. The summed E-state index contributed by atoms with van der Waals surface area (Å²) in [6, 6.07) is 0.468. The van der Waals surface area contributed by atoms with Crippen LogP contribution in [0.15, 0.2) is 6.20 Å². The number of aromatic nitrogens is 1. The minimum Gasteiger partial charge on any atom is -0.379 e. The van der Waals surface area contributed by atoms with Crippen LogP contribution in [-0.2, 0) is 4.74 Å². The second-order valence-corrected chi connectivity index (χ2v) is 4.22. The van der Waals surface area contributed by atoms with Crippen LogP contribution in [0.3, 0.4) is 0 Å². The maximum Gasteiger partial charge on any atom is 0.183 e. The van der Waals surface area contributed by atoms with Crippen LogP contribution in [0.25, 0.3) is 0 Å². The number of anilines is 1. The summed E-state index contributed by atoms with van der Waals surface area (Å²) in [5.74, 6) is 0. The van der Waals surface area contributed by atoms with Crippen molar-refractivity contribution in [3.8, 4) is 0 Å². The highest BCUT2D eigenvalue weighted by atomic mass is 32.1. The van der Waals surface area contributed by atoms with Gasteiger partial charge < -0.3 is 10.1 Å². The van der Waals surface area contributed by atoms with Crippen LogP contribution in [-0.4, -0.2) is 24.2 Å². The maximum absolute atomic E-state index is 5.25. The summed E-state index contributed by atoms with van der Waals surface area (Å²) in [5, 5.41) is 4.36. The standard InChI is InChI=1S/C8H12N2OS.C2H6/c1-6-4-9-8(12-6)10-7-2-3-11-5-7;1-2/h4,7H,2-3,5H2,1H3,(H,9,10);1-2H3. The fourth-order valence-electron chi connectivity index (χ4n) is 1.24. The molecule has 0 bridgehead atoms. The van der Waals surface area contributed by atoms with Gasteiger partial charge in [0.1, 0.15) is 0 Å². The van der Waals surface area contributed by atoms with Crippen LogP contribution in [0.5, 0.6) is 0 Å². The molecule has 80 valence electrons. The summed E-state index contributed by atoms with van der Waals surface area (Å²) >= 11 is 1.70. The molecular weight excluding hydrogens is 196 g/mol. The molecular formula is C10H18N2OS. The zero-order valence-electron chi connectivity index (χ0n) is 9.04. The van der Waals surface area contributed by atoms with E-state index >= 15 is 0 Å². The first-order chi connectivity index (χ1) is 6.84. The summed E-state index contributed by atoms with van der Waals surface area (Å²) < 4.78 is 5.25. The number of hydrogen-bond donors (Lipinski definition) is 1. The molecule has 1 N–H and O–H groups in total. The van der Waals surface area contributed by atoms with Crippen molar-refractivity contribution >= 4 is 16.5 Å². The number of nitrogens with one attached hydrogen (secondary N) is 1. The van der Waals surface area contributed by atoms with Gasteiger partial charge in [0.05, 0.1) is 12.6 Å². The highest BCUT2D eigenvalue weighted by Gasteiger charge is 2.15. The smallest absolute Gasteiger partial charge is 0.183 e.